The summed E-state index contributed by atoms with van der Waals surface area (Å²) in [6, 6.07) is 0.755. The normalized spacial score (nSPS) is 10.6. The van der Waals surface area contributed by atoms with Crippen molar-refractivity contribution in [3.8, 4) is 0 Å². The van der Waals surface area contributed by atoms with Gasteiger partial charge in [0.2, 0.25) is 5.91 Å². The van der Waals surface area contributed by atoms with E-state index in [0.717, 1.165) is 0 Å². The van der Waals surface area contributed by atoms with Gasteiger partial charge in [0.1, 0.15) is 0 Å². The number of hydrogen-bond acceptors (Lipinski definition) is 2. The Balaban J connectivity index is -0.000000500. The summed E-state index contributed by atoms with van der Waals surface area (Å²) in [4.78, 5) is 12.7. The average molecular weight is 166 g/mol. The molecule has 0 aromatic rings. The summed E-state index contributed by atoms with van der Waals surface area (Å²) in [5.41, 5.74) is 5.09. The first kappa shape index (κ1) is 14.5. The second kappa shape index (κ2) is 6.53. The van der Waals surface area contributed by atoms with Gasteiger partial charge in [-0.05, 0) is 27.7 Å². The number of carbonyl (C=O) groups excluding carboxylic acids is 1. The first-order valence-electron chi connectivity index (χ1n) is 3.99. The molecular formula is C8H19LiN2O. The Kier molecular flexibility index (Phi) is 7.92. The van der Waals surface area contributed by atoms with Gasteiger partial charge < -0.3 is 7.16 Å². The van der Waals surface area contributed by atoms with Crippen LogP contribution in [-0.4, -0.2) is 29.4 Å². The minimum atomic E-state index is -0.257. The fraction of sp³-hybridized carbons (Fsp3) is 0.875. The fourth-order valence-electron chi connectivity index (χ4n) is 1.14. The molecule has 0 radical (unpaired) electrons. The molecule has 0 spiro atoms. The molecule has 0 aliphatic heterocycles. The van der Waals surface area contributed by atoms with E-state index >= 15 is 0 Å². The molecule has 68 valence electrons. The van der Waals surface area contributed by atoms with Crippen molar-refractivity contribution < 1.29 is 25.1 Å². The number of hydrogen-bond donors (Lipinski definition) is 1. The van der Waals surface area contributed by atoms with Crippen molar-refractivity contribution in [2.24, 2.45) is 5.73 Å². The molecule has 0 aliphatic carbocycles. The van der Waals surface area contributed by atoms with Crippen molar-refractivity contribution in [1.82, 2.24) is 4.90 Å². The largest absolute Gasteiger partial charge is 1.00 e. The summed E-state index contributed by atoms with van der Waals surface area (Å²) < 4.78 is 0. The number of nitrogens with zero attached hydrogens (tertiary/aromatic N) is 1. The number of primary amides is 1. The quantitative estimate of drug-likeness (QED) is 0.478. The van der Waals surface area contributed by atoms with Gasteiger partial charge in [-0.1, -0.05) is 0 Å². The zero-order valence-electron chi connectivity index (χ0n) is 9.79. The number of amides is 1. The predicted molar refractivity (Wildman–Crippen MR) is 47.3 cm³/mol. The van der Waals surface area contributed by atoms with E-state index in [-0.39, 0.29) is 26.2 Å². The standard InChI is InChI=1S/C8H18N2O.Li.H/c1-6(2)10(7(3)4)5-8(9)11;;/h6-7H,5H2,1-4H3,(H2,9,11);;/q;+1;-1. The average Bonchev–Trinajstić information content (AvgIpc) is 1.81. The molecule has 0 aliphatic rings. The molecule has 4 heteroatoms. The van der Waals surface area contributed by atoms with E-state index in [4.69, 9.17) is 5.73 Å². The molecule has 0 unspecified atom stereocenters. The van der Waals surface area contributed by atoms with Gasteiger partial charge >= 0.3 is 18.9 Å². The second-order valence-electron chi connectivity index (χ2n) is 3.33. The van der Waals surface area contributed by atoms with Crippen LogP contribution in [0, 0.1) is 0 Å². The third-order valence-electron chi connectivity index (χ3n) is 1.66. The molecule has 0 aromatic carbocycles. The molecule has 3 nitrogen and oxygen atoms in total. The summed E-state index contributed by atoms with van der Waals surface area (Å²) in [6.07, 6.45) is 0. The van der Waals surface area contributed by atoms with Crippen LogP contribution in [0.2, 0.25) is 0 Å². The maximum Gasteiger partial charge on any atom is 1.00 e. The van der Waals surface area contributed by atoms with Crippen LogP contribution >= 0.6 is 0 Å². The van der Waals surface area contributed by atoms with Gasteiger partial charge in [-0.3, -0.25) is 9.69 Å². The van der Waals surface area contributed by atoms with Gasteiger partial charge in [0, 0.05) is 12.1 Å². The molecule has 12 heavy (non-hydrogen) atoms. The SMILES string of the molecule is CC(C)N(CC(N)=O)C(C)C.[H-].[Li+]. The minimum Gasteiger partial charge on any atom is -1.00 e. The van der Waals surface area contributed by atoms with Crippen molar-refractivity contribution >= 4 is 5.91 Å². The van der Waals surface area contributed by atoms with Gasteiger partial charge in [0.25, 0.3) is 0 Å². The van der Waals surface area contributed by atoms with Crippen molar-refractivity contribution in [2.75, 3.05) is 6.54 Å². The van der Waals surface area contributed by atoms with E-state index in [2.05, 4.69) is 32.6 Å². The Morgan fingerprint density at radius 1 is 1.33 bits per heavy atom. The third-order valence-corrected chi connectivity index (χ3v) is 1.66. The summed E-state index contributed by atoms with van der Waals surface area (Å²) in [5.74, 6) is -0.257. The fourth-order valence-corrected chi connectivity index (χ4v) is 1.14. The maximum absolute atomic E-state index is 10.6. The molecule has 2 N–H and O–H groups in total. The van der Waals surface area contributed by atoms with Gasteiger partial charge in [-0.15, -0.1) is 0 Å². The van der Waals surface area contributed by atoms with Crippen LogP contribution in [0.15, 0.2) is 0 Å². The molecule has 0 rings (SSSR count). The summed E-state index contributed by atoms with van der Waals surface area (Å²) in [7, 11) is 0. The van der Waals surface area contributed by atoms with Gasteiger partial charge in [0.15, 0.2) is 0 Å². The zero-order chi connectivity index (χ0) is 9.02. The molecule has 0 saturated heterocycles. The van der Waals surface area contributed by atoms with Crippen molar-refractivity contribution in [2.45, 2.75) is 39.8 Å². The molecule has 1 amide bonds. The molecule has 0 atom stereocenters. The predicted octanol–water partition coefficient (Wildman–Crippen LogP) is -2.29. The van der Waals surface area contributed by atoms with Crippen LogP contribution in [0.4, 0.5) is 0 Å². The van der Waals surface area contributed by atoms with Crippen LogP contribution in [0.25, 0.3) is 0 Å². The molecule has 0 bridgehead atoms. The molecule has 0 saturated carbocycles. The molecule has 0 aromatic heterocycles. The zero-order valence-corrected chi connectivity index (χ0v) is 8.79. The van der Waals surface area contributed by atoms with Crippen molar-refractivity contribution in [1.29, 1.82) is 0 Å². The number of nitrogens with two attached hydrogens (primary N) is 1. The van der Waals surface area contributed by atoms with Crippen LogP contribution in [0.1, 0.15) is 29.1 Å². The van der Waals surface area contributed by atoms with E-state index < -0.39 is 0 Å². The Morgan fingerprint density at radius 3 is 1.75 bits per heavy atom. The summed E-state index contributed by atoms with van der Waals surface area (Å²) in [5, 5.41) is 0. The third kappa shape index (κ3) is 5.65. The van der Waals surface area contributed by atoms with Crippen LogP contribution in [0.3, 0.4) is 0 Å². The Morgan fingerprint density at radius 2 is 1.67 bits per heavy atom. The summed E-state index contributed by atoms with van der Waals surface area (Å²) in [6.45, 7) is 8.59. The van der Waals surface area contributed by atoms with Crippen molar-refractivity contribution in [3.05, 3.63) is 0 Å². The second-order valence-corrected chi connectivity index (χ2v) is 3.33. The van der Waals surface area contributed by atoms with E-state index in [0.29, 0.717) is 18.6 Å². The molecule has 0 fully saturated rings. The van der Waals surface area contributed by atoms with Crippen LogP contribution in [-0.2, 0) is 4.79 Å². The molecule has 0 heterocycles. The minimum absolute atomic E-state index is 0. The first-order chi connectivity index (χ1) is 4.95. The Labute approximate surface area is 88.3 Å². The topological polar surface area (TPSA) is 46.3 Å². The van der Waals surface area contributed by atoms with Gasteiger partial charge in [-0.25, -0.2) is 0 Å². The first-order valence-corrected chi connectivity index (χ1v) is 3.99. The maximum atomic E-state index is 10.6. The number of rotatable bonds is 4. The Hall–Kier alpha value is 0.0274. The molecular weight excluding hydrogens is 147 g/mol. The van der Waals surface area contributed by atoms with E-state index in [1.165, 1.54) is 0 Å². The van der Waals surface area contributed by atoms with E-state index in [1.54, 1.807) is 0 Å². The smallest absolute Gasteiger partial charge is 1.00 e. The summed E-state index contributed by atoms with van der Waals surface area (Å²) >= 11 is 0. The Bertz CT molecular complexity index is 134. The van der Waals surface area contributed by atoms with Crippen LogP contribution < -0.4 is 24.6 Å². The van der Waals surface area contributed by atoms with E-state index in [9.17, 15) is 4.79 Å². The van der Waals surface area contributed by atoms with Crippen LogP contribution in [0.5, 0.6) is 0 Å². The van der Waals surface area contributed by atoms with E-state index in [1.807, 2.05) is 0 Å². The number of carbonyl (C=O) groups is 1. The monoisotopic (exact) mass is 166 g/mol. The van der Waals surface area contributed by atoms with Crippen molar-refractivity contribution in [3.63, 3.8) is 0 Å². The van der Waals surface area contributed by atoms with Gasteiger partial charge in [0.05, 0.1) is 6.54 Å². The van der Waals surface area contributed by atoms with Gasteiger partial charge in [-0.2, -0.15) is 0 Å².